The van der Waals surface area contributed by atoms with Crippen LogP contribution in [0.4, 0.5) is 22.7 Å². The molecule has 0 amide bonds. The maximum Gasteiger partial charge on any atom is 0.315 e. The summed E-state index contributed by atoms with van der Waals surface area (Å²) in [5.74, 6) is 0. The standard InChI is InChI=1S/C14H14ClN3O2/c1-2-16-12-8-5-9-13(14(12)18(19)20)17-11-7-4-3-6-10(11)15/h3-9,16-17H,2H2,1H3. The van der Waals surface area contributed by atoms with Gasteiger partial charge in [0.05, 0.1) is 15.6 Å². The van der Waals surface area contributed by atoms with Crippen LogP contribution < -0.4 is 10.6 Å². The van der Waals surface area contributed by atoms with Gasteiger partial charge in [-0.25, -0.2) is 0 Å². The van der Waals surface area contributed by atoms with Crippen molar-refractivity contribution in [1.82, 2.24) is 0 Å². The third-order valence-corrected chi connectivity index (χ3v) is 3.06. The van der Waals surface area contributed by atoms with Crippen molar-refractivity contribution < 1.29 is 4.92 Å². The van der Waals surface area contributed by atoms with Crippen LogP contribution in [0.3, 0.4) is 0 Å². The number of benzene rings is 2. The maximum atomic E-state index is 11.3. The molecule has 2 aromatic rings. The fourth-order valence-corrected chi connectivity index (χ4v) is 2.06. The van der Waals surface area contributed by atoms with Crippen molar-refractivity contribution in [2.24, 2.45) is 0 Å². The molecule has 2 N–H and O–H groups in total. The molecular weight excluding hydrogens is 278 g/mol. The van der Waals surface area contributed by atoms with Gasteiger partial charge in [-0.2, -0.15) is 0 Å². The van der Waals surface area contributed by atoms with Crippen LogP contribution in [0, 0.1) is 10.1 Å². The van der Waals surface area contributed by atoms with Crippen molar-refractivity contribution in [1.29, 1.82) is 0 Å². The highest BCUT2D eigenvalue weighted by atomic mass is 35.5. The third-order valence-electron chi connectivity index (χ3n) is 2.73. The van der Waals surface area contributed by atoms with Crippen molar-refractivity contribution in [3.63, 3.8) is 0 Å². The number of para-hydroxylation sites is 2. The molecule has 5 nitrogen and oxygen atoms in total. The van der Waals surface area contributed by atoms with Gasteiger partial charge in [-0.1, -0.05) is 29.8 Å². The Morgan fingerprint density at radius 1 is 1.10 bits per heavy atom. The first-order chi connectivity index (χ1) is 9.63. The molecule has 0 aliphatic rings. The summed E-state index contributed by atoms with van der Waals surface area (Å²) < 4.78 is 0. The van der Waals surface area contributed by atoms with Gasteiger partial charge in [0.25, 0.3) is 0 Å². The zero-order chi connectivity index (χ0) is 14.5. The minimum Gasteiger partial charge on any atom is -0.380 e. The minimum absolute atomic E-state index is 0.00858. The Morgan fingerprint density at radius 2 is 1.75 bits per heavy atom. The summed E-state index contributed by atoms with van der Waals surface area (Å²) in [5, 5.41) is 17.8. The molecule has 2 rings (SSSR count). The number of hydrogen-bond donors (Lipinski definition) is 2. The van der Waals surface area contributed by atoms with Gasteiger partial charge < -0.3 is 10.6 Å². The lowest BCUT2D eigenvalue weighted by Gasteiger charge is -2.11. The molecule has 0 heterocycles. The lowest BCUT2D eigenvalue weighted by Crippen LogP contribution is -2.04. The minimum atomic E-state index is -0.406. The van der Waals surface area contributed by atoms with Crippen LogP contribution in [0.1, 0.15) is 6.92 Å². The average molecular weight is 292 g/mol. The summed E-state index contributed by atoms with van der Waals surface area (Å²) in [6.07, 6.45) is 0. The fourth-order valence-electron chi connectivity index (χ4n) is 1.88. The molecule has 2 aromatic carbocycles. The molecule has 0 aromatic heterocycles. The highest BCUT2D eigenvalue weighted by Crippen LogP contribution is 2.36. The molecule has 0 bridgehead atoms. The topological polar surface area (TPSA) is 67.2 Å². The van der Waals surface area contributed by atoms with E-state index in [1.807, 2.05) is 13.0 Å². The monoisotopic (exact) mass is 291 g/mol. The van der Waals surface area contributed by atoms with Gasteiger partial charge in [0.1, 0.15) is 11.4 Å². The van der Waals surface area contributed by atoms with Crippen LogP contribution in [0.15, 0.2) is 42.5 Å². The molecule has 0 aliphatic carbocycles. The largest absolute Gasteiger partial charge is 0.380 e. The number of nitro groups is 1. The lowest BCUT2D eigenvalue weighted by atomic mass is 10.2. The Bertz CT molecular complexity index is 632. The van der Waals surface area contributed by atoms with Crippen LogP contribution in [-0.2, 0) is 0 Å². The Morgan fingerprint density at radius 3 is 2.40 bits per heavy atom. The Balaban J connectivity index is 2.44. The zero-order valence-corrected chi connectivity index (χ0v) is 11.6. The number of nitro benzene ring substituents is 1. The number of hydrogen-bond acceptors (Lipinski definition) is 4. The summed E-state index contributed by atoms with van der Waals surface area (Å²) >= 11 is 6.06. The van der Waals surface area contributed by atoms with Gasteiger partial charge in [-0.15, -0.1) is 0 Å². The van der Waals surface area contributed by atoms with Gasteiger partial charge in [-0.05, 0) is 31.2 Å². The summed E-state index contributed by atoms with van der Waals surface area (Å²) in [6.45, 7) is 2.49. The Hall–Kier alpha value is -2.27. The highest BCUT2D eigenvalue weighted by molar-refractivity contribution is 6.33. The van der Waals surface area contributed by atoms with Crippen molar-refractivity contribution >= 4 is 34.4 Å². The van der Waals surface area contributed by atoms with E-state index in [2.05, 4.69) is 10.6 Å². The van der Waals surface area contributed by atoms with E-state index in [1.165, 1.54) is 0 Å². The molecule has 0 unspecified atom stereocenters. The molecule has 104 valence electrons. The van der Waals surface area contributed by atoms with Gasteiger partial charge in [0, 0.05) is 6.54 Å². The second kappa shape index (κ2) is 6.25. The van der Waals surface area contributed by atoms with Crippen molar-refractivity contribution in [3.8, 4) is 0 Å². The zero-order valence-electron chi connectivity index (χ0n) is 10.9. The van der Waals surface area contributed by atoms with E-state index in [0.717, 1.165) is 0 Å². The quantitative estimate of drug-likeness (QED) is 0.632. The molecule has 0 fully saturated rings. The van der Waals surface area contributed by atoms with Gasteiger partial charge in [0.2, 0.25) is 0 Å². The fraction of sp³-hybridized carbons (Fsp3) is 0.143. The Kier molecular flexibility index (Phi) is 4.42. The second-order valence-corrected chi connectivity index (χ2v) is 4.50. The van der Waals surface area contributed by atoms with E-state index < -0.39 is 4.92 Å². The number of rotatable bonds is 5. The van der Waals surface area contributed by atoms with E-state index in [4.69, 9.17) is 11.6 Å². The SMILES string of the molecule is CCNc1cccc(Nc2ccccc2Cl)c1[N+](=O)[O-]. The molecule has 0 atom stereocenters. The first-order valence-electron chi connectivity index (χ1n) is 6.16. The summed E-state index contributed by atoms with van der Waals surface area (Å²) in [7, 11) is 0. The predicted molar refractivity (Wildman–Crippen MR) is 82.0 cm³/mol. The van der Waals surface area contributed by atoms with E-state index >= 15 is 0 Å². The first-order valence-corrected chi connectivity index (χ1v) is 6.54. The summed E-state index contributed by atoms with van der Waals surface area (Å²) in [4.78, 5) is 10.9. The highest BCUT2D eigenvalue weighted by Gasteiger charge is 2.19. The predicted octanol–water partition coefficient (Wildman–Crippen LogP) is 4.42. The van der Waals surface area contributed by atoms with E-state index in [0.29, 0.717) is 28.6 Å². The Labute approximate surface area is 121 Å². The van der Waals surface area contributed by atoms with E-state index in [-0.39, 0.29) is 5.69 Å². The average Bonchev–Trinajstić information content (AvgIpc) is 2.41. The number of anilines is 3. The third kappa shape index (κ3) is 3.00. The number of nitrogens with zero attached hydrogens (tertiary/aromatic N) is 1. The molecule has 0 saturated carbocycles. The first kappa shape index (κ1) is 14.1. The van der Waals surface area contributed by atoms with Gasteiger partial charge in [-0.3, -0.25) is 10.1 Å². The second-order valence-electron chi connectivity index (χ2n) is 4.09. The van der Waals surface area contributed by atoms with Crippen LogP contribution in [0.5, 0.6) is 0 Å². The van der Waals surface area contributed by atoms with Gasteiger partial charge in [0.15, 0.2) is 0 Å². The number of nitrogens with one attached hydrogen (secondary N) is 2. The summed E-state index contributed by atoms with van der Waals surface area (Å²) in [5.41, 5.74) is 1.52. The van der Waals surface area contributed by atoms with Crippen LogP contribution in [0.2, 0.25) is 5.02 Å². The normalized spacial score (nSPS) is 10.1. The van der Waals surface area contributed by atoms with Crippen molar-refractivity contribution in [3.05, 3.63) is 57.6 Å². The number of halogens is 1. The van der Waals surface area contributed by atoms with E-state index in [1.54, 1.807) is 36.4 Å². The molecule has 0 radical (unpaired) electrons. The van der Waals surface area contributed by atoms with Crippen LogP contribution in [-0.4, -0.2) is 11.5 Å². The molecule has 20 heavy (non-hydrogen) atoms. The van der Waals surface area contributed by atoms with Crippen LogP contribution in [0.25, 0.3) is 0 Å². The summed E-state index contributed by atoms with van der Waals surface area (Å²) in [6, 6.07) is 12.2. The van der Waals surface area contributed by atoms with Crippen LogP contribution >= 0.6 is 11.6 Å². The molecule has 0 saturated heterocycles. The smallest absolute Gasteiger partial charge is 0.315 e. The van der Waals surface area contributed by atoms with Gasteiger partial charge >= 0.3 is 5.69 Å². The van der Waals surface area contributed by atoms with Crippen molar-refractivity contribution in [2.45, 2.75) is 6.92 Å². The molecular formula is C14H14ClN3O2. The molecule has 0 aliphatic heterocycles. The molecule has 6 heteroatoms. The van der Waals surface area contributed by atoms with E-state index in [9.17, 15) is 10.1 Å². The van der Waals surface area contributed by atoms with Crippen molar-refractivity contribution in [2.75, 3.05) is 17.2 Å². The maximum absolute atomic E-state index is 11.3. The molecule has 0 spiro atoms. The lowest BCUT2D eigenvalue weighted by molar-refractivity contribution is -0.383.